The van der Waals surface area contributed by atoms with Gasteiger partial charge in [-0.05, 0) is 68.1 Å². The number of piperidine rings is 1. The van der Waals surface area contributed by atoms with Crippen LogP contribution in [0.3, 0.4) is 0 Å². The summed E-state index contributed by atoms with van der Waals surface area (Å²) in [5, 5.41) is 8.78. The molecule has 1 aromatic heterocycles. The van der Waals surface area contributed by atoms with E-state index in [-0.39, 0.29) is 11.9 Å². The molecule has 4 heteroatoms. The fourth-order valence-electron chi connectivity index (χ4n) is 3.25. The molecule has 0 saturated carbocycles. The molecule has 2 heterocycles. The molecular formula is C15H22N2OS. The van der Waals surface area contributed by atoms with Gasteiger partial charge in [-0.25, -0.2) is 0 Å². The van der Waals surface area contributed by atoms with Gasteiger partial charge in [-0.1, -0.05) is 0 Å². The van der Waals surface area contributed by atoms with E-state index in [2.05, 4.69) is 22.1 Å². The number of carbonyl (C=O) groups excluding carboxylic acids is 1. The summed E-state index contributed by atoms with van der Waals surface area (Å²) in [5.41, 5.74) is 1.37. The molecule has 1 amide bonds. The summed E-state index contributed by atoms with van der Waals surface area (Å²) in [7, 11) is 0. The Morgan fingerprint density at radius 1 is 1.42 bits per heavy atom. The highest BCUT2D eigenvalue weighted by molar-refractivity contribution is 7.10. The van der Waals surface area contributed by atoms with Crippen LogP contribution in [-0.2, 0) is 11.2 Å². The average molecular weight is 278 g/mol. The molecule has 2 N–H and O–H groups in total. The van der Waals surface area contributed by atoms with Crippen molar-refractivity contribution in [3.05, 3.63) is 21.9 Å². The van der Waals surface area contributed by atoms with E-state index in [9.17, 15) is 4.79 Å². The zero-order valence-electron chi connectivity index (χ0n) is 11.3. The van der Waals surface area contributed by atoms with Crippen molar-refractivity contribution < 1.29 is 4.79 Å². The van der Waals surface area contributed by atoms with Crippen molar-refractivity contribution in [2.24, 2.45) is 5.92 Å². The van der Waals surface area contributed by atoms with Crippen LogP contribution in [0.15, 0.2) is 11.4 Å². The number of fused-ring (bicyclic) bond motifs is 1. The van der Waals surface area contributed by atoms with Gasteiger partial charge < -0.3 is 10.6 Å². The Balaban J connectivity index is 1.55. The Kier molecular flexibility index (Phi) is 4.18. The van der Waals surface area contributed by atoms with Crippen LogP contribution in [0, 0.1) is 5.92 Å². The van der Waals surface area contributed by atoms with Crippen molar-refractivity contribution in [3.8, 4) is 0 Å². The van der Waals surface area contributed by atoms with Crippen molar-refractivity contribution in [1.29, 1.82) is 0 Å². The first kappa shape index (κ1) is 13.1. The summed E-state index contributed by atoms with van der Waals surface area (Å²) < 4.78 is 0. The number of amides is 1. The van der Waals surface area contributed by atoms with E-state index in [1.165, 1.54) is 36.1 Å². The van der Waals surface area contributed by atoms with Gasteiger partial charge in [-0.15, -0.1) is 11.3 Å². The Morgan fingerprint density at radius 3 is 3.21 bits per heavy atom. The zero-order chi connectivity index (χ0) is 13.1. The van der Waals surface area contributed by atoms with Crippen molar-refractivity contribution in [1.82, 2.24) is 10.6 Å². The maximum atomic E-state index is 12.2. The molecule has 0 bridgehead atoms. The second-order valence-corrected chi connectivity index (χ2v) is 6.73. The number of hydrogen-bond acceptors (Lipinski definition) is 3. The lowest BCUT2D eigenvalue weighted by molar-refractivity contribution is -0.123. The van der Waals surface area contributed by atoms with Crippen molar-refractivity contribution in [2.45, 2.75) is 44.6 Å². The largest absolute Gasteiger partial charge is 0.349 e. The second kappa shape index (κ2) is 6.06. The van der Waals surface area contributed by atoms with E-state index in [1.807, 2.05) is 11.3 Å². The molecule has 1 fully saturated rings. The molecule has 3 nitrogen and oxygen atoms in total. The van der Waals surface area contributed by atoms with E-state index in [0.717, 1.165) is 19.5 Å². The number of thiophene rings is 1. The first-order valence-corrected chi connectivity index (χ1v) is 8.27. The van der Waals surface area contributed by atoms with Crippen LogP contribution < -0.4 is 10.6 Å². The van der Waals surface area contributed by atoms with Gasteiger partial charge in [0.1, 0.15) is 0 Å². The highest BCUT2D eigenvalue weighted by atomic mass is 32.1. The van der Waals surface area contributed by atoms with Gasteiger partial charge in [-0.2, -0.15) is 0 Å². The van der Waals surface area contributed by atoms with Crippen LogP contribution in [0.25, 0.3) is 0 Å². The molecule has 2 unspecified atom stereocenters. The Morgan fingerprint density at radius 2 is 2.37 bits per heavy atom. The molecule has 2 atom stereocenters. The topological polar surface area (TPSA) is 41.1 Å². The molecule has 1 aliphatic heterocycles. The molecular weight excluding hydrogens is 256 g/mol. The number of rotatable bonds is 3. The molecule has 104 valence electrons. The molecule has 0 spiro atoms. The summed E-state index contributed by atoms with van der Waals surface area (Å²) >= 11 is 1.83. The minimum atomic E-state index is 0.234. The molecule has 0 radical (unpaired) electrons. The normalized spacial score (nSPS) is 26.7. The number of carbonyl (C=O) groups is 1. The summed E-state index contributed by atoms with van der Waals surface area (Å²) in [6, 6.07) is 2.45. The van der Waals surface area contributed by atoms with Crippen LogP contribution in [0.1, 0.15) is 48.6 Å². The highest BCUT2D eigenvalue weighted by Crippen LogP contribution is 2.33. The lowest BCUT2D eigenvalue weighted by Crippen LogP contribution is -2.36. The molecule has 2 aliphatic rings. The van der Waals surface area contributed by atoms with Crippen LogP contribution in [0.5, 0.6) is 0 Å². The predicted molar refractivity (Wildman–Crippen MR) is 78.4 cm³/mol. The van der Waals surface area contributed by atoms with E-state index in [1.54, 1.807) is 0 Å². The monoisotopic (exact) mass is 278 g/mol. The van der Waals surface area contributed by atoms with Gasteiger partial charge in [0.2, 0.25) is 5.91 Å². The summed E-state index contributed by atoms with van der Waals surface area (Å²) in [5.74, 6) is 0.761. The van der Waals surface area contributed by atoms with E-state index < -0.39 is 0 Å². The van der Waals surface area contributed by atoms with Crippen LogP contribution in [0.4, 0.5) is 0 Å². The zero-order valence-corrected chi connectivity index (χ0v) is 12.1. The Hall–Kier alpha value is -0.870. The van der Waals surface area contributed by atoms with Crippen LogP contribution >= 0.6 is 11.3 Å². The summed E-state index contributed by atoms with van der Waals surface area (Å²) in [6.45, 7) is 2.11. The number of hydrogen-bond donors (Lipinski definition) is 2. The smallest absolute Gasteiger partial charge is 0.220 e. The fraction of sp³-hybridized carbons (Fsp3) is 0.667. The van der Waals surface area contributed by atoms with E-state index in [0.29, 0.717) is 12.3 Å². The molecule has 0 aromatic carbocycles. The van der Waals surface area contributed by atoms with Gasteiger partial charge in [0.15, 0.2) is 0 Å². The standard InChI is InChI=1S/C15H22N2OS/c18-15(9-11-3-2-7-16-10-11)17-13-4-1-5-14-12(13)6-8-19-14/h6,8,11,13,16H,1-5,7,9-10H2,(H,17,18). The van der Waals surface area contributed by atoms with Gasteiger partial charge in [0.25, 0.3) is 0 Å². The minimum absolute atomic E-state index is 0.234. The molecule has 1 aromatic rings. The maximum absolute atomic E-state index is 12.2. The van der Waals surface area contributed by atoms with Gasteiger partial charge in [0, 0.05) is 11.3 Å². The summed E-state index contributed by atoms with van der Waals surface area (Å²) in [6.07, 6.45) is 6.56. The number of nitrogens with one attached hydrogen (secondary N) is 2. The van der Waals surface area contributed by atoms with Gasteiger partial charge in [0.05, 0.1) is 6.04 Å². The lowest BCUT2D eigenvalue weighted by Gasteiger charge is -2.26. The maximum Gasteiger partial charge on any atom is 0.220 e. The second-order valence-electron chi connectivity index (χ2n) is 5.73. The van der Waals surface area contributed by atoms with Crippen molar-refractivity contribution >= 4 is 17.2 Å². The Labute approximate surface area is 118 Å². The third-order valence-electron chi connectivity index (χ3n) is 4.26. The van der Waals surface area contributed by atoms with Gasteiger partial charge >= 0.3 is 0 Å². The van der Waals surface area contributed by atoms with E-state index >= 15 is 0 Å². The Bertz CT molecular complexity index is 437. The lowest BCUT2D eigenvalue weighted by atomic mass is 9.92. The number of aryl methyl sites for hydroxylation is 1. The van der Waals surface area contributed by atoms with Gasteiger partial charge in [-0.3, -0.25) is 4.79 Å². The van der Waals surface area contributed by atoms with Crippen molar-refractivity contribution in [2.75, 3.05) is 13.1 Å². The first-order valence-electron chi connectivity index (χ1n) is 7.39. The third kappa shape index (κ3) is 3.18. The summed E-state index contributed by atoms with van der Waals surface area (Å²) in [4.78, 5) is 13.6. The fourth-order valence-corrected chi connectivity index (χ4v) is 4.24. The first-order chi connectivity index (χ1) is 9.33. The molecule has 1 saturated heterocycles. The molecule has 1 aliphatic carbocycles. The van der Waals surface area contributed by atoms with Crippen LogP contribution in [-0.4, -0.2) is 19.0 Å². The highest BCUT2D eigenvalue weighted by Gasteiger charge is 2.24. The minimum Gasteiger partial charge on any atom is -0.349 e. The molecule has 3 rings (SSSR count). The average Bonchev–Trinajstić information content (AvgIpc) is 2.89. The molecule has 19 heavy (non-hydrogen) atoms. The third-order valence-corrected chi connectivity index (χ3v) is 5.26. The van der Waals surface area contributed by atoms with E-state index in [4.69, 9.17) is 0 Å². The van der Waals surface area contributed by atoms with Crippen molar-refractivity contribution in [3.63, 3.8) is 0 Å². The quantitative estimate of drug-likeness (QED) is 0.892. The SMILES string of the molecule is O=C(CC1CCCNC1)NC1CCCc2sccc21. The van der Waals surface area contributed by atoms with Crippen LogP contribution in [0.2, 0.25) is 0 Å². The predicted octanol–water partition coefficient (Wildman–Crippen LogP) is 2.63.